The average molecular weight is 278 g/mol. The van der Waals surface area contributed by atoms with Crippen LogP contribution in [0.25, 0.3) is 0 Å². The Balaban J connectivity index is 1.45. The summed E-state index contributed by atoms with van der Waals surface area (Å²) in [5.41, 5.74) is 4.26. The zero-order chi connectivity index (χ0) is 14.3. The minimum absolute atomic E-state index is 1.03. The fourth-order valence-corrected chi connectivity index (χ4v) is 2.81. The molecule has 108 valence electrons. The highest BCUT2D eigenvalue weighted by atomic mass is 15.1. The highest BCUT2D eigenvalue weighted by molar-refractivity contribution is 5.43. The molecule has 1 aliphatic carbocycles. The van der Waals surface area contributed by atoms with Crippen LogP contribution in [0.2, 0.25) is 0 Å². The van der Waals surface area contributed by atoms with Gasteiger partial charge >= 0.3 is 0 Å². The van der Waals surface area contributed by atoms with E-state index in [1.54, 1.807) is 0 Å². The molecule has 3 rings (SSSR count). The first-order valence-electron chi connectivity index (χ1n) is 7.77. The van der Waals surface area contributed by atoms with E-state index in [9.17, 15) is 0 Å². The molecule has 0 amide bonds. The van der Waals surface area contributed by atoms with E-state index in [1.165, 1.54) is 23.1 Å². The maximum absolute atomic E-state index is 4.06. The van der Waals surface area contributed by atoms with Gasteiger partial charge in [-0.1, -0.05) is 24.3 Å². The molecule has 0 bridgehead atoms. The monoisotopic (exact) mass is 278 g/mol. The van der Waals surface area contributed by atoms with Gasteiger partial charge in [0.2, 0.25) is 0 Å². The first-order valence-corrected chi connectivity index (χ1v) is 7.77. The molecule has 0 aromatic carbocycles. The molecule has 0 unspecified atom stereocenters. The Morgan fingerprint density at radius 3 is 2.71 bits per heavy atom. The van der Waals surface area contributed by atoms with Gasteiger partial charge in [-0.2, -0.15) is 0 Å². The third kappa shape index (κ3) is 3.94. The van der Waals surface area contributed by atoms with E-state index >= 15 is 0 Å². The standard InChI is InChI=1S/C19H22N2/c1-2-6-18(7-3-1)19-10-15-21(16-11-19)14-4-5-17-8-12-20-13-9-17/h1-2,7-13,15H,3-6,14,16H2. The number of aryl methyl sites for hydroxylation is 1. The molecular weight excluding hydrogens is 256 g/mol. The molecule has 2 heteroatoms. The molecule has 1 aromatic heterocycles. The van der Waals surface area contributed by atoms with Crippen LogP contribution in [-0.4, -0.2) is 23.0 Å². The van der Waals surface area contributed by atoms with Crippen molar-refractivity contribution >= 4 is 0 Å². The number of nitrogens with zero attached hydrogens (tertiary/aromatic N) is 2. The minimum atomic E-state index is 1.03. The molecule has 2 aliphatic rings. The summed E-state index contributed by atoms with van der Waals surface area (Å²) in [7, 11) is 0. The Bertz CT molecular complexity index is 579. The van der Waals surface area contributed by atoms with Crippen molar-refractivity contribution in [3.8, 4) is 0 Å². The summed E-state index contributed by atoms with van der Waals surface area (Å²) >= 11 is 0. The van der Waals surface area contributed by atoms with Gasteiger partial charge in [-0.3, -0.25) is 4.98 Å². The van der Waals surface area contributed by atoms with Crippen LogP contribution in [0.1, 0.15) is 24.8 Å². The Morgan fingerprint density at radius 1 is 1.10 bits per heavy atom. The van der Waals surface area contributed by atoms with Crippen LogP contribution >= 0.6 is 0 Å². The lowest BCUT2D eigenvalue weighted by molar-refractivity contribution is 0.402. The fourth-order valence-electron chi connectivity index (χ4n) is 2.81. The van der Waals surface area contributed by atoms with E-state index in [0.29, 0.717) is 0 Å². The largest absolute Gasteiger partial charge is 0.374 e. The molecule has 2 nitrogen and oxygen atoms in total. The zero-order valence-electron chi connectivity index (χ0n) is 12.4. The summed E-state index contributed by atoms with van der Waals surface area (Å²) in [6.07, 6.45) is 21.9. The third-order valence-electron chi connectivity index (χ3n) is 4.05. The van der Waals surface area contributed by atoms with Crippen LogP contribution in [0.15, 0.2) is 72.3 Å². The van der Waals surface area contributed by atoms with Gasteiger partial charge in [0, 0.05) is 25.5 Å². The van der Waals surface area contributed by atoms with Crippen LogP contribution < -0.4 is 0 Å². The predicted octanol–water partition coefficient (Wildman–Crippen LogP) is 4.05. The summed E-state index contributed by atoms with van der Waals surface area (Å²) in [4.78, 5) is 6.45. The molecule has 0 spiro atoms. The molecule has 21 heavy (non-hydrogen) atoms. The second-order valence-corrected chi connectivity index (χ2v) is 5.57. The number of hydrogen-bond acceptors (Lipinski definition) is 2. The van der Waals surface area contributed by atoms with E-state index < -0.39 is 0 Å². The van der Waals surface area contributed by atoms with Crippen molar-refractivity contribution < 1.29 is 0 Å². The van der Waals surface area contributed by atoms with Gasteiger partial charge < -0.3 is 4.90 Å². The zero-order valence-corrected chi connectivity index (χ0v) is 12.4. The molecule has 0 saturated carbocycles. The second kappa shape index (κ2) is 7.07. The molecular formula is C19H22N2. The normalized spacial score (nSPS) is 17.6. The van der Waals surface area contributed by atoms with Crippen LogP contribution in [0.3, 0.4) is 0 Å². The Hall–Kier alpha value is -2.09. The van der Waals surface area contributed by atoms with Crippen LogP contribution in [0, 0.1) is 0 Å². The summed E-state index contributed by atoms with van der Waals surface area (Å²) in [5, 5.41) is 0. The number of rotatable bonds is 5. The number of pyridine rings is 1. The number of allylic oxidation sites excluding steroid dienone is 6. The topological polar surface area (TPSA) is 16.1 Å². The summed E-state index contributed by atoms with van der Waals surface area (Å²) in [6.45, 7) is 2.14. The predicted molar refractivity (Wildman–Crippen MR) is 87.8 cm³/mol. The first-order chi connectivity index (χ1) is 10.4. The first kappa shape index (κ1) is 13.9. The van der Waals surface area contributed by atoms with Crippen LogP contribution in [0.4, 0.5) is 0 Å². The highest BCUT2D eigenvalue weighted by Gasteiger charge is 2.08. The Labute approximate surface area is 127 Å². The van der Waals surface area contributed by atoms with Crippen molar-refractivity contribution in [3.63, 3.8) is 0 Å². The van der Waals surface area contributed by atoms with Crippen molar-refractivity contribution in [3.05, 3.63) is 77.8 Å². The quantitative estimate of drug-likeness (QED) is 0.755. The third-order valence-corrected chi connectivity index (χ3v) is 4.05. The Kier molecular flexibility index (Phi) is 4.67. The summed E-state index contributed by atoms with van der Waals surface area (Å²) < 4.78 is 0. The van der Waals surface area contributed by atoms with Gasteiger partial charge in [0.25, 0.3) is 0 Å². The van der Waals surface area contributed by atoms with Crippen molar-refractivity contribution in [1.82, 2.24) is 9.88 Å². The molecule has 0 fully saturated rings. The van der Waals surface area contributed by atoms with Gasteiger partial charge in [-0.15, -0.1) is 0 Å². The average Bonchev–Trinajstić information content (AvgIpc) is 2.57. The maximum Gasteiger partial charge on any atom is 0.0362 e. The molecule has 1 aromatic rings. The lowest BCUT2D eigenvalue weighted by Crippen LogP contribution is -2.21. The van der Waals surface area contributed by atoms with E-state index in [-0.39, 0.29) is 0 Å². The lowest BCUT2D eigenvalue weighted by atomic mass is 9.96. The number of aromatic nitrogens is 1. The van der Waals surface area contributed by atoms with Gasteiger partial charge in [0.1, 0.15) is 0 Å². The van der Waals surface area contributed by atoms with Crippen molar-refractivity contribution in [1.29, 1.82) is 0 Å². The number of hydrogen-bond donors (Lipinski definition) is 0. The molecule has 0 N–H and O–H groups in total. The van der Waals surface area contributed by atoms with Crippen LogP contribution in [0.5, 0.6) is 0 Å². The van der Waals surface area contributed by atoms with Gasteiger partial charge in [-0.05, 0) is 66.8 Å². The molecule has 0 atom stereocenters. The summed E-state index contributed by atoms with van der Waals surface area (Å²) in [6, 6.07) is 4.21. The Morgan fingerprint density at radius 2 is 2.00 bits per heavy atom. The van der Waals surface area contributed by atoms with E-state index in [4.69, 9.17) is 0 Å². The van der Waals surface area contributed by atoms with Gasteiger partial charge in [-0.25, -0.2) is 0 Å². The minimum Gasteiger partial charge on any atom is -0.374 e. The molecule has 1 aliphatic heterocycles. The fraction of sp³-hybridized carbons (Fsp3) is 0.316. The van der Waals surface area contributed by atoms with Gasteiger partial charge in [0.05, 0.1) is 0 Å². The smallest absolute Gasteiger partial charge is 0.0362 e. The van der Waals surface area contributed by atoms with Gasteiger partial charge in [0.15, 0.2) is 0 Å². The van der Waals surface area contributed by atoms with Crippen molar-refractivity contribution in [2.75, 3.05) is 13.1 Å². The second-order valence-electron chi connectivity index (χ2n) is 5.57. The SMILES string of the molecule is C1=CCC(C2=CCN(CCCc3ccncc3)C=C2)=CC1. The van der Waals surface area contributed by atoms with E-state index in [2.05, 4.69) is 58.6 Å². The van der Waals surface area contributed by atoms with Crippen molar-refractivity contribution in [2.24, 2.45) is 0 Å². The molecule has 0 radical (unpaired) electrons. The molecule has 2 heterocycles. The van der Waals surface area contributed by atoms with E-state index in [1.807, 2.05) is 12.4 Å². The molecule has 0 saturated heterocycles. The maximum atomic E-state index is 4.06. The van der Waals surface area contributed by atoms with E-state index in [0.717, 1.165) is 32.4 Å². The highest BCUT2D eigenvalue weighted by Crippen LogP contribution is 2.23. The van der Waals surface area contributed by atoms with Crippen molar-refractivity contribution in [2.45, 2.75) is 25.7 Å². The lowest BCUT2D eigenvalue weighted by Gasteiger charge is -2.23. The van der Waals surface area contributed by atoms with Crippen LogP contribution in [-0.2, 0) is 6.42 Å². The summed E-state index contributed by atoms with van der Waals surface area (Å²) in [5.74, 6) is 0.